The van der Waals surface area contributed by atoms with Crippen molar-refractivity contribution in [3.05, 3.63) is 71.5 Å². The summed E-state index contributed by atoms with van der Waals surface area (Å²) in [7, 11) is 0. The SMILES string of the molecule is O=C(O)[C@@]12C=C1\C=C/C=C/C=C/N=C\C1=C(/C=N\2)CC=C1. The molecule has 2 aliphatic carbocycles. The summed E-state index contributed by atoms with van der Waals surface area (Å²) < 4.78 is 0. The summed E-state index contributed by atoms with van der Waals surface area (Å²) in [5, 5.41) is 9.40. The highest BCUT2D eigenvalue weighted by Gasteiger charge is 2.49. The van der Waals surface area contributed by atoms with Crippen LogP contribution < -0.4 is 0 Å². The second-order valence-electron chi connectivity index (χ2n) is 4.88. The predicted octanol–water partition coefficient (Wildman–Crippen LogP) is 2.79. The predicted molar refractivity (Wildman–Crippen MR) is 83.6 cm³/mol. The van der Waals surface area contributed by atoms with E-state index in [0.29, 0.717) is 5.57 Å². The third kappa shape index (κ3) is 2.60. The summed E-state index contributed by atoms with van der Waals surface area (Å²) in [6.45, 7) is 0. The molecule has 0 unspecified atom stereocenters. The first-order valence-electron chi connectivity index (χ1n) is 6.67. The van der Waals surface area contributed by atoms with Crippen molar-refractivity contribution in [3.8, 4) is 0 Å². The minimum absolute atomic E-state index is 0.707. The number of carboxylic acids is 1. The van der Waals surface area contributed by atoms with E-state index in [0.717, 1.165) is 17.6 Å². The van der Waals surface area contributed by atoms with Gasteiger partial charge in [0.1, 0.15) is 0 Å². The Balaban J connectivity index is 1.97. The molecule has 1 atom stereocenters. The third-order valence-corrected chi connectivity index (χ3v) is 3.47. The Hall–Kier alpha value is -2.75. The maximum atomic E-state index is 11.5. The number of allylic oxidation sites excluding steroid dienone is 8. The van der Waals surface area contributed by atoms with Gasteiger partial charge in [0, 0.05) is 18.6 Å². The maximum absolute atomic E-state index is 11.5. The average molecular weight is 278 g/mol. The van der Waals surface area contributed by atoms with Crippen molar-refractivity contribution in [2.45, 2.75) is 12.0 Å². The van der Waals surface area contributed by atoms with Crippen molar-refractivity contribution in [2.24, 2.45) is 9.98 Å². The molecule has 4 heteroatoms. The first-order valence-corrected chi connectivity index (χ1v) is 6.67. The molecular weight excluding hydrogens is 264 g/mol. The molecule has 0 aromatic carbocycles. The highest BCUT2D eigenvalue weighted by molar-refractivity contribution is 6.00. The van der Waals surface area contributed by atoms with E-state index in [4.69, 9.17) is 0 Å². The molecule has 0 spiro atoms. The normalized spacial score (nSPS) is 34.0. The van der Waals surface area contributed by atoms with Crippen molar-refractivity contribution in [2.75, 3.05) is 0 Å². The molecule has 104 valence electrons. The lowest BCUT2D eigenvalue weighted by Crippen LogP contribution is -2.23. The Kier molecular flexibility index (Phi) is 3.36. The summed E-state index contributed by atoms with van der Waals surface area (Å²) in [4.78, 5) is 20.0. The zero-order valence-corrected chi connectivity index (χ0v) is 11.3. The summed E-state index contributed by atoms with van der Waals surface area (Å²) in [6, 6.07) is 0. The lowest BCUT2D eigenvalue weighted by atomic mass is 10.1. The average Bonchev–Trinajstić information content (AvgIpc) is 3.00. The third-order valence-electron chi connectivity index (χ3n) is 3.47. The Labute approximate surface area is 122 Å². The molecule has 0 saturated heterocycles. The van der Waals surface area contributed by atoms with Gasteiger partial charge in [-0.2, -0.15) is 0 Å². The minimum Gasteiger partial charge on any atom is -0.479 e. The number of fused-ring (bicyclic) bond motifs is 1. The fourth-order valence-electron chi connectivity index (χ4n) is 2.20. The monoisotopic (exact) mass is 278 g/mol. The highest BCUT2D eigenvalue weighted by Crippen LogP contribution is 2.40. The second-order valence-corrected chi connectivity index (χ2v) is 4.88. The lowest BCUT2D eigenvalue weighted by Gasteiger charge is -2.06. The van der Waals surface area contributed by atoms with Crippen molar-refractivity contribution >= 4 is 18.4 Å². The summed E-state index contributed by atoms with van der Waals surface area (Å²) in [5.41, 5.74) is 1.45. The van der Waals surface area contributed by atoms with E-state index in [1.54, 1.807) is 36.9 Å². The number of hydrogen-bond acceptors (Lipinski definition) is 3. The Morgan fingerprint density at radius 3 is 2.86 bits per heavy atom. The van der Waals surface area contributed by atoms with Gasteiger partial charge in [-0.25, -0.2) is 4.79 Å². The lowest BCUT2D eigenvalue weighted by molar-refractivity contribution is -0.138. The highest BCUT2D eigenvalue weighted by atomic mass is 16.4. The maximum Gasteiger partial charge on any atom is 0.340 e. The molecule has 0 saturated carbocycles. The van der Waals surface area contributed by atoms with Crippen molar-refractivity contribution < 1.29 is 9.90 Å². The van der Waals surface area contributed by atoms with E-state index in [9.17, 15) is 9.90 Å². The standard InChI is InChI=1S/C17H14N2O2/c20-16(21)17-10-15(17)8-3-1-2-4-9-18-11-13-6-5-7-14(13)12-19-17/h1-6,8-12H,7H2,(H,20,21)/b2-1+,8-3-,9-4+,18-11-,19-12-/t17-/m1/s1. The Morgan fingerprint density at radius 2 is 2.00 bits per heavy atom. The summed E-state index contributed by atoms with van der Waals surface area (Å²) in [5.74, 6) is -0.948. The van der Waals surface area contributed by atoms with E-state index in [1.165, 1.54) is 0 Å². The molecule has 0 bridgehead atoms. The zero-order valence-electron chi connectivity index (χ0n) is 11.3. The molecule has 21 heavy (non-hydrogen) atoms. The summed E-state index contributed by atoms with van der Waals surface area (Å²) >= 11 is 0. The number of carbonyl (C=O) groups is 1. The molecular formula is C17H14N2O2. The van der Waals surface area contributed by atoms with Crippen LogP contribution in [0.25, 0.3) is 0 Å². The van der Waals surface area contributed by atoms with Gasteiger partial charge >= 0.3 is 5.97 Å². The van der Waals surface area contributed by atoms with E-state index in [1.807, 2.05) is 30.4 Å². The fourth-order valence-corrected chi connectivity index (χ4v) is 2.20. The van der Waals surface area contributed by atoms with Gasteiger partial charge in [0.2, 0.25) is 5.54 Å². The molecule has 1 N–H and O–H groups in total. The van der Waals surface area contributed by atoms with Crippen LogP contribution in [-0.2, 0) is 4.79 Å². The van der Waals surface area contributed by atoms with Crippen LogP contribution in [0.4, 0.5) is 0 Å². The van der Waals surface area contributed by atoms with Crippen LogP contribution in [0.3, 0.4) is 0 Å². The Morgan fingerprint density at radius 1 is 1.14 bits per heavy atom. The zero-order chi connectivity index (χ0) is 14.7. The fraction of sp³-hybridized carbons (Fsp3) is 0.118. The van der Waals surface area contributed by atoms with Gasteiger partial charge in [-0.05, 0) is 35.3 Å². The van der Waals surface area contributed by atoms with Gasteiger partial charge in [0.25, 0.3) is 0 Å². The van der Waals surface area contributed by atoms with Gasteiger partial charge in [0.05, 0.1) is 0 Å². The van der Waals surface area contributed by atoms with Gasteiger partial charge in [0.15, 0.2) is 0 Å². The molecule has 4 nitrogen and oxygen atoms in total. The van der Waals surface area contributed by atoms with Gasteiger partial charge in [-0.3, -0.25) is 9.98 Å². The number of aliphatic carboxylic acids is 1. The number of rotatable bonds is 1. The first-order chi connectivity index (χ1) is 10.2. The van der Waals surface area contributed by atoms with E-state index < -0.39 is 11.5 Å². The molecule has 0 radical (unpaired) electrons. The number of carboxylic acid groups (broad SMARTS) is 1. The van der Waals surface area contributed by atoms with Gasteiger partial charge in [-0.15, -0.1) is 0 Å². The number of hydrogen-bond donors (Lipinski definition) is 1. The molecule has 3 rings (SSSR count). The first kappa shape index (κ1) is 13.2. The van der Waals surface area contributed by atoms with E-state index in [-0.39, 0.29) is 0 Å². The van der Waals surface area contributed by atoms with Gasteiger partial charge < -0.3 is 5.11 Å². The smallest absolute Gasteiger partial charge is 0.340 e. The van der Waals surface area contributed by atoms with Crippen molar-refractivity contribution in [1.82, 2.24) is 0 Å². The minimum atomic E-state index is -1.19. The van der Waals surface area contributed by atoms with E-state index >= 15 is 0 Å². The van der Waals surface area contributed by atoms with Crippen molar-refractivity contribution in [1.29, 1.82) is 0 Å². The number of nitrogens with zero attached hydrogens (tertiary/aromatic N) is 2. The number of aliphatic imine (C=N–C) groups is 2. The largest absolute Gasteiger partial charge is 0.479 e. The van der Waals surface area contributed by atoms with Crippen molar-refractivity contribution in [3.63, 3.8) is 0 Å². The van der Waals surface area contributed by atoms with Crippen LogP contribution >= 0.6 is 0 Å². The molecule has 0 amide bonds. The molecule has 1 heterocycles. The topological polar surface area (TPSA) is 62.0 Å². The Bertz CT molecular complexity index is 715. The molecule has 3 aliphatic rings. The second kappa shape index (κ2) is 5.32. The summed E-state index contributed by atoms with van der Waals surface area (Å²) in [6.07, 6.45) is 20.6. The van der Waals surface area contributed by atoms with Crippen LogP contribution in [0.15, 0.2) is 81.5 Å². The molecule has 0 aromatic heterocycles. The molecule has 0 aromatic rings. The van der Waals surface area contributed by atoms with Crippen LogP contribution in [0.1, 0.15) is 6.42 Å². The van der Waals surface area contributed by atoms with Crippen LogP contribution in [0.5, 0.6) is 0 Å². The molecule has 0 fully saturated rings. The quantitative estimate of drug-likeness (QED) is 0.801. The van der Waals surface area contributed by atoms with Crippen LogP contribution in [0, 0.1) is 0 Å². The molecule has 1 aliphatic heterocycles. The van der Waals surface area contributed by atoms with Gasteiger partial charge in [-0.1, -0.05) is 36.5 Å². The van der Waals surface area contributed by atoms with E-state index in [2.05, 4.69) is 9.98 Å². The van der Waals surface area contributed by atoms with Crippen LogP contribution in [0.2, 0.25) is 0 Å². The van der Waals surface area contributed by atoms with Crippen LogP contribution in [-0.4, -0.2) is 29.0 Å².